The third kappa shape index (κ3) is 4.14. The molecule has 0 spiro atoms. The van der Waals surface area contributed by atoms with Gasteiger partial charge in [0.1, 0.15) is 5.75 Å². The predicted octanol–water partition coefficient (Wildman–Crippen LogP) is 4.83. The highest BCUT2D eigenvalue weighted by Gasteiger charge is 2.25. The SMILES string of the molecule is COc1ccccc1/C(=C/[Si](C)(C)C)[Si](C)(C)C. The van der Waals surface area contributed by atoms with Crippen molar-refractivity contribution < 1.29 is 4.74 Å². The second-order valence-corrected chi connectivity index (χ2v) is 16.9. The summed E-state index contributed by atoms with van der Waals surface area (Å²) >= 11 is 0. The van der Waals surface area contributed by atoms with E-state index in [0.29, 0.717) is 0 Å². The fourth-order valence-corrected chi connectivity index (χ4v) is 7.07. The van der Waals surface area contributed by atoms with Gasteiger partial charge in [-0.05, 0) is 6.07 Å². The van der Waals surface area contributed by atoms with E-state index in [9.17, 15) is 0 Å². The van der Waals surface area contributed by atoms with E-state index >= 15 is 0 Å². The van der Waals surface area contributed by atoms with Gasteiger partial charge in [-0.2, -0.15) is 0 Å². The van der Waals surface area contributed by atoms with Gasteiger partial charge in [0.2, 0.25) is 0 Å². The molecule has 0 radical (unpaired) electrons. The molecule has 0 amide bonds. The summed E-state index contributed by atoms with van der Waals surface area (Å²) in [5, 5.41) is 1.54. The minimum atomic E-state index is -1.37. The molecule has 0 unspecified atom stereocenters. The zero-order chi connectivity index (χ0) is 14.0. The van der Waals surface area contributed by atoms with Crippen LogP contribution in [0.3, 0.4) is 0 Å². The second-order valence-electron chi connectivity index (χ2n) is 6.87. The van der Waals surface area contributed by atoms with E-state index in [1.165, 1.54) is 5.56 Å². The van der Waals surface area contributed by atoms with Crippen molar-refractivity contribution in [2.24, 2.45) is 0 Å². The number of hydrogen-bond acceptors (Lipinski definition) is 1. The van der Waals surface area contributed by atoms with Gasteiger partial charge in [0.05, 0.1) is 23.3 Å². The van der Waals surface area contributed by atoms with Crippen molar-refractivity contribution in [1.29, 1.82) is 0 Å². The Bertz CT molecular complexity index is 437. The first-order valence-electron chi connectivity index (χ1n) is 6.52. The first kappa shape index (κ1) is 15.3. The highest BCUT2D eigenvalue weighted by atomic mass is 28.3. The minimum absolute atomic E-state index is 1.00. The zero-order valence-corrected chi connectivity index (χ0v) is 14.8. The first-order valence-corrected chi connectivity index (χ1v) is 13.6. The van der Waals surface area contributed by atoms with E-state index in [4.69, 9.17) is 4.74 Å². The topological polar surface area (TPSA) is 9.23 Å². The smallest absolute Gasteiger partial charge is 0.125 e. The molecule has 18 heavy (non-hydrogen) atoms. The lowest BCUT2D eigenvalue weighted by molar-refractivity contribution is 0.413. The van der Waals surface area contributed by atoms with Crippen LogP contribution in [0.4, 0.5) is 0 Å². The van der Waals surface area contributed by atoms with E-state index in [0.717, 1.165) is 5.75 Å². The van der Waals surface area contributed by atoms with Gasteiger partial charge in [0.15, 0.2) is 0 Å². The molecule has 0 aliphatic rings. The molecule has 0 saturated carbocycles. The Morgan fingerprint density at radius 3 is 2.00 bits per heavy atom. The summed E-state index contributed by atoms with van der Waals surface area (Å²) in [5.41, 5.74) is 3.85. The summed E-state index contributed by atoms with van der Waals surface area (Å²) < 4.78 is 5.53. The Morgan fingerprint density at radius 1 is 1.00 bits per heavy atom. The summed E-state index contributed by atoms with van der Waals surface area (Å²) in [7, 11) is -0.841. The molecule has 0 fully saturated rings. The molecule has 0 bridgehead atoms. The van der Waals surface area contributed by atoms with Crippen LogP contribution in [-0.2, 0) is 0 Å². The molecular weight excluding hydrogens is 252 g/mol. The number of rotatable bonds is 4. The Labute approximate surface area is 114 Å². The lowest BCUT2D eigenvalue weighted by Crippen LogP contribution is -2.27. The van der Waals surface area contributed by atoms with Crippen molar-refractivity contribution in [2.75, 3.05) is 7.11 Å². The standard InChI is InChI=1S/C15H26OSi2/c1-16-14-11-9-8-10-13(14)15(18(5,6)7)12-17(2,3)4/h8-12H,1-7H3/b15-12-. The van der Waals surface area contributed by atoms with Crippen LogP contribution in [0.2, 0.25) is 39.3 Å². The quantitative estimate of drug-likeness (QED) is 0.717. The average Bonchev–Trinajstić information content (AvgIpc) is 2.23. The zero-order valence-electron chi connectivity index (χ0n) is 12.8. The first-order chi connectivity index (χ1) is 8.15. The summed E-state index contributed by atoms with van der Waals surface area (Å²) in [6, 6.07) is 8.41. The van der Waals surface area contributed by atoms with Crippen molar-refractivity contribution in [3.63, 3.8) is 0 Å². The third-order valence-electron chi connectivity index (χ3n) is 2.78. The molecule has 3 heteroatoms. The summed E-state index contributed by atoms with van der Waals surface area (Å²) in [6.45, 7) is 14.4. The average molecular weight is 279 g/mol. The molecule has 100 valence electrons. The van der Waals surface area contributed by atoms with E-state index in [-0.39, 0.29) is 0 Å². The van der Waals surface area contributed by atoms with Crippen LogP contribution in [0.1, 0.15) is 5.56 Å². The molecule has 0 aliphatic heterocycles. The van der Waals surface area contributed by atoms with E-state index in [1.807, 2.05) is 6.07 Å². The fraction of sp³-hybridized carbons (Fsp3) is 0.467. The van der Waals surface area contributed by atoms with Crippen LogP contribution in [0.5, 0.6) is 5.75 Å². The molecular formula is C15H26OSi2. The van der Waals surface area contributed by atoms with Gasteiger partial charge in [-0.1, -0.05) is 68.4 Å². The van der Waals surface area contributed by atoms with Gasteiger partial charge in [0, 0.05) is 5.56 Å². The molecule has 0 heterocycles. The summed E-state index contributed by atoms with van der Waals surface area (Å²) in [5.74, 6) is 1.00. The van der Waals surface area contributed by atoms with Crippen LogP contribution in [-0.4, -0.2) is 23.3 Å². The Morgan fingerprint density at radius 2 is 1.56 bits per heavy atom. The van der Waals surface area contributed by atoms with E-state index < -0.39 is 16.1 Å². The van der Waals surface area contributed by atoms with Crippen LogP contribution >= 0.6 is 0 Å². The van der Waals surface area contributed by atoms with Crippen LogP contribution < -0.4 is 4.74 Å². The Hall–Kier alpha value is -0.806. The molecule has 1 aromatic carbocycles. The Balaban J connectivity index is 3.41. The molecule has 1 rings (SSSR count). The molecule has 0 atom stereocenters. The molecule has 1 nitrogen and oxygen atoms in total. The number of methoxy groups -OCH3 is 1. The maximum Gasteiger partial charge on any atom is 0.125 e. The molecule has 1 aromatic rings. The highest BCUT2D eigenvalue weighted by Crippen LogP contribution is 2.33. The normalized spacial score (nSPS) is 13.6. The largest absolute Gasteiger partial charge is 0.496 e. The number of para-hydroxylation sites is 1. The minimum Gasteiger partial charge on any atom is -0.496 e. The van der Waals surface area contributed by atoms with Crippen molar-refractivity contribution in [3.05, 3.63) is 35.5 Å². The summed E-state index contributed by atoms with van der Waals surface area (Å²) in [4.78, 5) is 0. The lowest BCUT2D eigenvalue weighted by atomic mass is 10.2. The van der Waals surface area contributed by atoms with Gasteiger partial charge in [0.25, 0.3) is 0 Å². The monoisotopic (exact) mass is 278 g/mol. The maximum absolute atomic E-state index is 5.53. The fourth-order valence-electron chi connectivity index (χ4n) is 2.00. The van der Waals surface area contributed by atoms with E-state index in [1.54, 1.807) is 12.3 Å². The number of benzene rings is 1. The lowest BCUT2D eigenvalue weighted by Gasteiger charge is -2.26. The highest BCUT2D eigenvalue weighted by molar-refractivity contribution is 6.97. The van der Waals surface area contributed by atoms with Crippen molar-refractivity contribution >= 4 is 21.3 Å². The molecule has 0 aromatic heterocycles. The molecule has 0 N–H and O–H groups in total. The maximum atomic E-state index is 5.53. The van der Waals surface area contributed by atoms with Crippen LogP contribution in [0, 0.1) is 0 Å². The van der Waals surface area contributed by atoms with Gasteiger partial charge < -0.3 is 4.74 Å². The Kier molecular flexibility index (Phi) is 4.62. The number of ether oxygens (including phenoxy) is 1. The van der Waals surface area contributed by atoms with Crippen LogP contribution in [0.25, 0.3) is 5.20 Å². The van der Waals surface area contributed by atoms with Crippen molar-refractivity contribution in [2.45, 2.75) is 39.3 Å². The van der Waals surface area contributed by atoms with Gasteiger partial charge in [-0.15, -0.1) is 0 Å². The molecule has 0 aliphatic carbocycles. The van der Waals surface area contributed by atoms with Crippen LogP contribution in [0.15, 0.2) is 30.0 Å². The van der Waals surface area contributed by atoms with Gasteiger partial charge >= 0.3 is 0 Å². The van der Waals surface area contributed by atoms with Crippen molar-refractivity contribution in [1.82, 2.24) is 0 Å². The summed E-state index contributed by atoms with van der Waals surface area (Å²) in [6.07, 6.45) is 0. The predicted molar refractivity (Wildman–Crippen MR) is 87.7 cm³/mol. The van der Waals surface area contributed by atoms with E-state index in [2.05, 4.69) is 63.2 Å². The van der Waals surface area contributed by atoms with Gasteiger partial charge in [-0.25, -0.2) is 0 Å². The second kappa shape index (κ2) is 5.45. The van der Waals surface area contributed by atoms with Gasteiger partial charge in [-0.3, -0.25) is 0 Å². The number of hydrogen-bond donors (Lipinski definition) is 0. The van der Waals surface area contributed by atoms with Crippen molar-refractivity contribution in [3.8, 4) is 5.75 Å². The molecule has 0 saturated heterocycles. The third-order valence-corrected chi connectivity index (χ3v) is 6.26.